The minimum absolute atomic E-state index is 0.382. The quantitative estimate of drug-likeness (QED) is 0.536. The lowest BCUT2D eigenvalue weighted by molar-refractivity contribution is -0.0171. The second-order valence-electron chi connectivity index (χ2n) is 8.94. The van der Waals surface area contributed by atoms with Crippen LogP contribution in [0.2, 0.25) is 0 Å². The molecule has 0 radical (unpaired) electrons. The fourth-order valence-corrected chi connectivity index (χ4v) is 5.47. The Morgan fingerprint density at radius 2 is 1.56 bits per heavy atom. The van der Waals surface area contributed by atoms with Crippen molar-refractivity contribution in [3.63, 3.8) is 0 Å². The summed E-state index contributed by atoms with van der Waals surface area (Å²) in [4.78, 5) is 0. The van der Waals surface area contributed by atoms with Crippen LogP contribution in [-0.2, 0) is 9.47 Å². The van der Waals surface area contributed by atoms with Gasteiger partial charge in [0.2, 0.25) is 0 Å². The van der Waals surface area contributed by atoms with Crippen LogP contribution < -0.4 is 0 Å². The third-order valence-electron chi connectivity index (χ3n) is 7.25. The maximum atomic E-state index is 6.24. The van der Waals surface area contributed by atoms with E-state index in [9.17, 15) is 0 Å². The zero-order valence-corrected chi connectivity index (χ0v) is 16.6. The highest BCUT2D eigenvalue weighted by atomic mass is 16.5. The van der Waals surface area contributed by atoms with E-state index in [1.807, 2.05) is 7.11 Å². The summed E-state index contributed by atoms with van der Waals surface area (Å²) in [7, 11) is 1.85. The molecule has 0 bridgehead atoms. The van der Waals surface area contributed by atoms with Gasteiger partial charge in [-0.3, -0.25) is 0 Å². The first-order valence-electron chi connectivity index (χ1n) is 11.1. The van der Waals surface area contributed by atoms with Crippen LogP contribution in [0.25, 0.3) is 0 Å². The molecule has 2 aliphatic carbocycles. The third-order valence-corrected chi connectivity index (χ3v) is 7.25. The molecule has 144 valence electrons. The summed E-state index contributed by atoms with van der Waals surface area (Å²) >= 11 is 0. The summed E-state index contributed by atoms with van der Waals surface area (Å²) in [6.45, 7) is 3.34. The first kappa shape index (κ1) is 19.4. The van der Waals surface area contributed by atoms with Gasteiger partial charge in [-0.25, -0.2) is 0 Å². The Hall–Kier alpha value is -0.340. The number of ether oxygens (including phenoxy) is 2. The van der Waals surface area contributed by atoms with Crippen molar-refractivity contribution in [1.29, 1.82) is 0 Å². The van der Waals surface area contributed by atoms with Gasteiger partial charge in [0.25, 0.3) is 0 Å². The van der Waals surface area contributed by atoms with Crippen molar-refractivity contribution in [2.24, 2.45) is 23.7 Å². The molecule has 2 saturated carbocycles. The molecular formula is C23H40O2. The molecule has 2 nitrogen and oxygen atoms in total. The second-order valence-corrected chi connectivity index (χ2v) is 8.94. The van der Waals surface area contributed by atoms with Gasteiger partial charge >= 0.3 is 0 Å². The molecule has 0 N–H and O–H groups in total. The first-order chi connectivity index (χ1) is 12.3. The molecule has 3 fully saturated rings. The van der Waals surface area contributed by atoms with Crippen LogP contribution in [0.15, 0.2) is 12.2 Å². The Labute approximate surface area is 155 Å². The zero-order valence-electron chi connectivity index (χ0n) is 16.6. The lowest BCUT2D eigenvalue weighted by Gasteiger charge is -2.37. The maximum Gasteiger partial charge on any atom is 0.0756 e. The fourth-order valence-electron chi connectivity index (χ4n) is 5.47. The van der Waals surface area contributed by atoms with Crippen LogP contribution >= 0.6 is 0 Å². The van der Waals surface area contributed by atoms with Gasteiger partial charge in [-0.05, 0) is 75.0 Å². The number of allylic oxidation sites excluding steroid dienone is 1. The summed E-state index contributed by atoms with van der Waals surface area (Å²) in [5, 5.41) is 0. The zero-order chi connectivity index (χ0) is 17.5. The minimum Gasteiger partial charge on any atom is -0.381 e. The lowest BCUT2D eigenvalue weighted by Crippen LogP contribution is -2.31. The third kappa shape index (κ3) is 5.82. The highest BCUT2D eigenvalue weighted by Gasteiger charge is 2.30. The predicted molar refractivity (Wildman–Crippen MR) is 105 cm³/mol. The van der Waals surface area contributed by atoms with Crippen LogP contribution in [0.5, 0.6) is 0 Å². The van der Waals surface area contributed by atoms with E-state index in [-0.39, 0.29) is 0 Å². The maximum absolute atomic E-state index is 6.24. The minimum atomic E-state index is 0.382. The SMILES string of the molecule is CCCC1CCC(C2CCC(C=CC3CCC(OC)CC3)OC2)CC1. The largest absolute Gasteiger partial charge is 0.381 e. The summed E-state index contributed by atoms with van der Waals surface area (Å²) in [6, 6.07) is 0. The number of hydrogen-bond donors (Lipinski definition) is 0. The predicted octanol–water partition coefficient (Wildman–Crippen LogP) is 6.15. The normalized spacial score (nSPS) is 40.4. The summed E-state index contributed by atoms with van der Waals surface area (Å²) in [5.41, 5.74) is 0. The monoisotopic (exact) mass is 348 g/mol. The average Bonchev–Trinajstić information content (AvgIpc) is 2.68. The topological polar surface area (TPSA) is 18.5 Å². The molecule has 1 saturated heterocycles. The standard InChI is InChI=1S/C23H40O2/c1-3-4-18-5-10-20(11-6-18)21-12-16-23(25-17-21)15-9-19-7-13-22(24-2)14-8-19/h9,15,18-23H,3-8,10-14,16-17H2,1-2H3. The van der Waals surface area contributed by atoms with Crippen LogP contribution in [0.4, 0.5) is 0 Å². The van der Waals surface area contributed by atoms with E-state index in [1.54, 1.807) is 0 Å². The van der Waals surface area contributed by atoms with Gasteiger partial charge in [0.15, 0.2) is 0 Å². The Bertz CT molecular complexity index is 381. The molecule has 0 spiro atoms. The van der Waals surface area contributed by atoms with Crippen molar-refractivity contribution in [3.8, 4) is 0 Å². The van der Waals surface area contributed by atoms with Gasteiger partial charge in [-0.1, -0.05) is 44.8 Å². The van der Waals surface area contributed by atoms with Crippen LogP contribution in [-0.4, -0.2) is 25.9 Å². The van der Waals surface area contributed by atoms with Gasteiger partial charge < -0.3 is 9.47 Å². The van der Waals surface area contributed by atoms with E-state index in [0.29, 0.717) is 12.2 Å². The van der Waals surface area contributed by atoms with E-state index in [0.717, 1.165) is 30.3 Å². The highest BCUT2D eigenvalue weighted by Crippen LogP contribution is 2.39. The molecule has 1 heterocycles. The second kappa shape index (κ2) is 10.1. The molecular weight excluding hydrogens is 308 g/mol. The van der Waals surface area contributed by atoms with E-state index < -0.39 is 0 Å². The average molecular weight is 349 g/mol. The number of hydrogen-bond acceptors (Lipinski definition) is 2. The Kier molecular flexibility index (Phi) is 7.86. The molecule has 0 aromatic carbocycles. The van der Waals surface area contributed by atoms with Crippen molar-refractivity contribution in [2.45, 2.75) is 96.2 Å². The number of rotatable bonds is 6. The molecule has 2 heteroatoms. The van der Waals surface area contributed by atoms with E-state index >= 15 is 0 Å². The molecule has 25 heavy (non-hydrogen) atoms. The summed E-state index contributed by atoms with van der Waals surface area (Å²) < 4.78 is 11.7. The van der Waals surface area contributed by atoms with E-state index in [1.165, 1.54) is 77.0 Å². The molecule has 0 aromatic heterocycles. The summed E-state index contributed by atoms with van der Waals surface area (Å²) in [6.07, 6.45) is 22.0. The van der Waals surface area contributed by atoms with Crippen molar-refractivity contribution < 1.29 is 9.47 Å². The lowest BCUT2D eigenvalue weighted by atomic mass is 9.73. The Balaban J connectivity index is 1.34. The van der Waals surface area contributed by atoms with Crippen molar-refractivity contribution in [1.82, 2.24) is 0 Å². The molecule has 2 atom stereocenters. The van der Waals surface area contributed by atoms with Crippen LogP contribution in [0, 0.1) is 23.7 Å². The van der Waals surface area contributed by atoms with E-state index in [2.05, 4.69) is 19.1 Å². The molecule has 0 aromatic rings. The van der Waals surface area contributed by atoms with Crippen molar-refractivity contribution in [2.75, 3.05) is 13.7 Å². The van der Waals surface area contributed by atoms with Crippen LogP contribution in [0.3, 0.4) is 0 Å². The summed E-state index contributed by atoms with van der Waals surface area (Å²) in [5.74, 6) is 3.56. The Morgan fingerprint density at radius 1 is 0.840 bits per heavy atom. The van der Waals surface area contributed by atoms with Crippen LogP contribution in [0.1, 0.15) is 84.0 Å². The van der Waals surface area contributed by atoms with Gasteiger partial charge in [0, 0.05) is 7.11 Å². The first-order valence-corrected chi connectivity index (χ1v) is 11.1. The van der Waals surface area contributed by atoms with Crippen molar-refractivity contribution in [3.05, 3.63) is 12.2 Å². The molecule has 3 aliphatic rings. The highest BCUT2D eigenvalue weighted by molar-refractivity contribution is 4.97. The Morgan fingerprint density at radius 3 is 2.16 bits per heavy atom. The molecule has 3 rings (SSSR count). The molecule has 2 unspecified atom stereocenters. The van der Waals surface area contributed by atoms with Gasteiger partial charge in [-0.2, -0.15) is 0 Å². The smallest absolute Gasteiger partial charge is 0.0756 e. The molecule has 1 aliphatic heterocycles. The van der Waals surface area contributed by atoms with Gasteiger partial charge in [0.1, 0.15) is 0 Å². The molecule has 0 amide bonds. The van der Waals surface area contributed by atoms with Crippen molar-refractivity contribution >= 4 is 0 Å². The number of methoxy groups -OCH3 is 1. The van der Waals surface area contributed by atoms with E-state index in [4.69, 9.17) is 9.47 Å². The van der Waals surface area contributed by atoms with Gasteiger partial charge in [0.05, 0.1) is 18.8 Å². The fraction of sp³-hybridized carbons (Fsp3) is 0.913. The van der Waals surface area contributed by atoms with Gasteiger partial charge in [-0.15, -0.1) is 0 Å².